The highest BCUT2D eigenvalue weighted by Gasteiger charge is 2.20. The van der Waals surface area contributed by atoms with E-state index in [1.165, 1.54) is 61.2 Å². The SMILES string of the molecule is O=C(Oc1ccc(C=NNc2ccc([N+](=O)[O-])cc2[N+](=O)[O-])c(OC(=O)c2ccco2)c1)c1ccco1. The first-order valence-corrected chi connectivity index (χ1v) is 10.2. The molecule has 0 radical (unpaired) electrons. The summed E-state index contributed by atoms with van der Waals surface area (Å²) in [5.41, 5.74) is 1.48. The second kappa shape index (κ2) is 10.6. The highest BCUT2D eigenvalue weighted by Crippen LogP contribution is 2.29. The number of nitro groups is 2. The quantitative estimate of drug-likeness (QED) is 0.110. The second-order valence-electron chi connectivity index (χ2n) is 7.02. The van der Waals surface area contributed by atoms with Crippen molar-refractivity contribution in [3.05, 3.63) is 111 Å². The number of carbonyl (C=O) groups excluding carboxylic acids is 2. The number of non-ortho nitro benzene ring substituents is 1. The summed E-state index contributed by atoms with van der Waals surface area (Å²) in [6.45, 7) is 0. The van der Waals surface area contributed by atoms with Gasteiger partial charge in [-0.05, 0) is 42.5 Å². The van der Waals surface area contributed by atoms with Gasteiger partial charge in [0, 0.05) is 17.7 Å². The van der Waals surface area contributed by atoms with E-state index in [-0.39, 0.29) is 34.3 Å². The van der Waals surface area contributed by atoms with Crippen molar-refractivity contribution in [2.24, 2.45) is 5.10 Å². The molecule has 4 aromatic rings. The van der Waals surface area contributed by atoms with Gasteiger partial charge < -0.3 is 18.3 Å². The van der Waals surface area contributed by atoms with Crippen LogP contribution in [0, 0.1) is 20.2 Å². The number of esters is 2. The standard InChI is InChI=1S/C23H14N4O10/c28-22(19-3-1-9-34-19)36-16-7-5-14(21(12-16)37-23(29)20-4-2-10-35-20)13-24-25-17-8-6-15(26(30)31)11-18(17)27(32)33/h1-13,25H. The van der Waals surface area contributed by atoms with Crippen LogP contribution in [0.3, 0.4) is 0 Å². The zero-order valence-corrected chi connectivity index (χ0v) is 18.4. The van der Waals surface area contributed by atoms with Crippen molar-refractivity contribution < 1.29 is 37.7 Å². The molecule has 14 nitrogen and oxygen atoms in total. The molecule has 0 aliphatic heterocycles. The minimum Gasteiger partial charge on any atom is -0.457 e. The monoisotopic (exact) mass is 506 g/mol. The van der Waals surface area contributed by atoms with Crippen LogP contribution in [-0.4, -0.2) is 28.0 Å². The molecule has 0 atom stereocenters. The van der Waals surface area contributed by atoms with Crippen LogP contribution in [0.25, 0.3) is 0 Å². The molecule has 0 aliphatic rings. The molecule has 0 spiro atoms. The van der Waals surface area contributed by atoms with Crippen molar-refractivity contribution in [3.8, 4) is 11.5 Å². The van der Waals surface area contributed by atoms with Crippen LogP contribution in [0.5, 0.6) is 11.5 Å². The molecule has 37 heavy (non-hydrogen) atoms. The third-order valence-corrected chi connectivity index (χ3v) is 4.62. The number of nitro benzene ring substituents is 2. The number of furan rings is 2. The molecular weight excluding hydrogens is 492 g/mol. The number of hydrogen-bond donors (Lipinski definition) is 1. The summed E-state index contributed by atoms with van der Waals surface area (Å²) in [5, 5.41) is 26.1. The van der Waals surface area contributed by atoms with Crippen LogP contribution in [0.15, 0.2) is 87.1 Å². The Bertz CT molecular complexity index is 1490. The van der Waals surface area contributed by atoms with E-state index in [2.05, 4.69) is 10.5 Å². The minimum atomic E-state index is -0.854. The number of rotatable bonds is 9. The Morgan fingerprint density at radius 3 is 2.14 bits per heavy atom. The van der Waals surface area contributed by atoms with Crippen molar-refractivity contribution in [3.63, 3.8) is 0 Å². The molecule has 0 saturated carbocycles. The van der Waals surface area contributed by atoms with Gasteiger partial charge >= 0.3 is 17.6 Å². The number of ether oxygens (including phenoxy) is 2. The molecule has 1 N–H and O–H groups in total. The van der Waals surface area contributed by atoms with E-state index >= 15 is 0 Å². The summed E-state index contributed by atoms with van der Waals surface area (Å²) in [5.74, 6) is -1.86. The molecule has 2 heterocycles. The lowest BCUT2D eigenvalue weighted by atomic mass is 10.2. The lowest BCUT2D eigenvalue weighted by Crippen LogP contribution is -2.11. The Balaban J connectivity index is 1.59. The van der Waals surface area contributed by atoms with Crippen molar-refractivity contribution in [1.82, 2.24) is 0 Å². The number of anilines is 1. The van der Waals surface area contributed by atoms with Gasteiger partial charge in [-0.25, -0.2) is 9.59 Å². The van der Waals surface area contributed by atoms with E-state index in [4.69, 9.17) is 18.3 Å². The summed E-state index contributed by atoms with van der Waals surface area (Å²) in [4.78, 5) is 45.3. The van der Waals surface area contributed by atoms with E-state index in [9.17, 15) is 29.8 Å². The number of carbonyl (C=O) groups is 2. The van der Waals surface area contributed by atoms with Gasteiger partial charge in [-0.1, -0.05) is 0 Å². The Hall–Kier alpha value is -5.79. The van der Waals surface area contributed by atoms with E-state index in [1.54, 1.807) is 0 Å². The largest absolute Gasteiger partial charge is 0.457 e. The average Bonchev–Trinajstić information content (AvgIpc) is 3.60. The maximum absolute atomic E-state index is 12.4. The summed E-state index contributed by atoms with van der Waals surface area (Å²) in [6, 6.07) is 12.8. The lowest BCUT2D eigenvalue weighted by Gasteiger charge is -2.09. The number of benzene rings is 2. The summed E-state index contributed by atoms with van der Waals surface area (Å²) in [6.07, 6.45) is 3.75. The maximum Gasteiger partial charge on any atom is 0.379 e. The second-order valence-corrected chi connectivity index (χ2v) is 7.02. The van der Waals surface area contributed by atoms with Crippen LogP contribution in [0.2, 0.25) is 0 Å². The van der Waals surface area contributed by atoms with Crippen LogP contribution in [0.1, 0.15) is 26.7 Å². The first kappa shape index (κ1) is 24.3. The fourth-order valence-electron chi connectivity index (χ4n) is 2.92. The Morgan fingerprint density at radius 1 is 0.865 bits per heavy atom. The maximum atomic E-state index is 12.4. The predicted octanol–water partition coefficient (Wildman–Crippen LogP) is 4.57. The van der Waals surface area contributed by atoms with Gasteiger partial charge in [0.1, 0.15) is 17.2 Å². The number of nitrogens with zero attached hydrogens (tertiary/aromatic N) is 3. The Kier molecular flexibility index (Phi) is 7.00. The van der Waals surface area contributed by atoms with Gasteiger partial charge in [-0.3, -0.25) is 25.7 Å². The van der Waals surface area contributed by atoms with Crippen molar-refractivity contribution in [1.29, 1.82) is 0 Å². The highest BCUT2D eigenvalue weighted by molar-refractivity contribution is 5.92. The van der Waals surface area contributed by atoms with Gasteiger partial charge in [0.25, 0.3) is 5.69 Å². The third-order valence-electron chi connectivity index (χ3n) is 4.62. The number of hydrazone groups is 1. The first-order valence-electron chi connectivity index (χ1n) is 10.2. The zero-order valence-electron chi connectivity index (χ0n) is 18.4. The molecule has 2 aromatic heterocycles. The molecule has 0 fully saturated rings. The molecule has 0 unspecified atom stereocenters. The number of nitrogens with one attached hydrogen (secondary N) is 1. The summed E-state index contributed by atoms with van der Waals surface area (Å²) in [7, 11) is 0. The van der Waals surface area contributed by atoms with Gasteiger partial charge in [0.15, 0.2) is 0 Å². The van der Waals surface area contributed by atoms with Gasteiger partial charge in [0.2, 0.25) is 11.5 Å². The van der Waals surface area contributed by atoms with E-state index in [0.29, 0.717) is 0 Å². The van der Waals surface area contributed by atoms with E-state index in [1.807, 2.05) is 0 Å². The minimum absolute atomic E-state index is 0.0137. The lowest BCUT2D eigenvalue weighted by molar-refractivity contribution is -0.393. The zero-order chi connectivity index (χ0) is 26.4. The molecule has 186 valence electrons. The summed E-state index contributed by atoms with van der Waals surface area (Å²) < 4.78 is 20.6. The van der Waals surface area contributed by atoms with Gasteiger partial charge in [-0.15, -0.1) is 0 Å². The van der Waals surface area contributed by atoms with E-state index in [0.717, 1.165) is 18.2 Å². The Morgan fingerprint density at radius 2 is 1.54 bits per heavy atom. The normalized spacial score (nSPS) is 10.7. The van der Waals surface area contributed by atoms with Crippen molar-refractivity contribution >= 4 is 35.2 Å². The average molecular weight is 506 g/mol. The van der Waals surface area contributed by atoms with Gasteiger partial charge in [0.05, 0.1) is 34.7 Å². The fourth-order valence-corrected chi connectivity index (χ4v) is 2.92. The van der Waals surface area contributed by atoms with Crippen LogP contribution in [0.4, 0.5) is 17.1 Å². The van der Waals surface area contributed by atoms with Crippen LogP contribution in [-0.2, 0) is 0 Å². The third kappa shape index (κ3) is 5.83. The molecule has 2 aromatic carbocycles. The van der Waals surface area contributed by atoms with Crippen molar-refractivity contribution in [2.75, 3.05) is 5.43 Å². The molecule has 0 bridgehead atoms. The topological polar surface area (TPSA) is 190 Å². The first-order chi connectivity index (χ1) is 17.8. The smallest absolute Gasteiger partial charge is 0.379 e. The molecule has 0 aliphatic carbocycles. The molecular formula is C23H14N4O10. The summed E-state index contributed by atoms with van der Waals surface area (Å²) >= 11 is 0. The van der Waals surface area contributed by atoms with Crippen LogP contribution < -0.4 is 14.9 Å². The highest BCUT2D eigenvalue weighted by atomic mass is 16.6. The van der Waals surface area contributed by atoms with Gasteiger partial charge in [-0.2, -0.15) is 5.10 Å². The number of hydrogen-bond acceptors (Lipinski definition) is 12. The van der Waals surface area contributed by atoms with Crippen molar-refractivity contribution in [2.45, 2.75) is 0 Å². The fraction of sp³-hybridized carbons (Fsp3) is 0. The molecule has 0 amide bonds. The predicted molar refractivity (Wildman–Crippen MR) is 125 cm³/mol. The Labute approximate surface area is 206 Å². The molecule has 0 saturated heterocycles. The van der Waals surface area contributed by atoms with Crippen LogP contribution >= 0.6 is 0 Å². The molecule has 4 rings (SSSR count). The molecule has 14 heteroatoms. The van der Waals surface area contributed by atoms with E-state index < -0.39 is 33.2 Å².